The van der Waals surface area contributed by atoms with Gasteiger partial charge >= 0.3 is 12.1 Å². The summed E-state index contributed by atoms with van der Waals surface area (Å²) in [5.74, 6) is -2.47. The molecule has 0 radical (unpaired) electrons. The second-order valence-electron chi connectivity index (χ2n) is 3.18. The molecule has 0 aliphatic heterocycles. The highest BCUT2D eigenvalue weighted by Crippen LogP contribution is 2.41. The Morgan fingerprint density at radius 3 is 2.35 bits per heavy atom. The number of hydrogen-bond donors (Lipinski definition) is 3. The first-order chi connectivity index (χ1) is 7.66. The van der Waals surface area contributed by atoms with Crippen LogP contribution in [0.25, 0.3) is 0 Å². The van der Waals surface area contributed by atoms with E-state index < -0.39 is 34.5 Å². The molecule has 1 aromatic rings. The van der Waals surface area contributed by atoms with Crippen LogP contribution >= 0.6 is 11.6 Å². The molecule has 0 bridgehead atoms. The smallest absolute Gasteiger partial charge is 0.417 e. The molecule has 1 aromatic carbocycles. The molecule has 0 amide bonds. The van der Waals surface area contributed by atoms with Gasteiger partial charge in [0.2, 0.25) is 0 Å². The van der Waals surface area contributed by atoms with Crippen molar-refractivity contribution in [3.8, 4) is 5.75 Å². The number of halogens is 4. The van der Waals surface area contributed by atoms with E-state index in [0.717, 1.165) is 6.07 Å². The van der Waals surface area contributed by atoms with E-state index in [1.165, 1.54) is 0 Å². The summed E-state index contributed by atoms with van der Waals surface area (Å²) in [7, 11) is 0. The lowest BCUT2D eigenvalue weighted by Gasteiger charge is -2.14. The van der Waals surface area contributed by atoms with E-state index in [1.807, 2.05) is 0 Å². The first-order valence-electron chi connectivity index (χ1n) is 4.23. The van der Waals surface area contributed by atoms with Crippen LogP contribution in [0.3, 0.4) is 0 Å². The van der Waals surface area contributed by atoms with Crippen molar-refractivity contribution in [1.29, 1.82) is 0 Å². The summed E-state index contributed by atoms with van der Waals surface area (Å²) in [5.41, 5.74) is 3.54. The van der Waals surface area contributed by atoms with Gasteiger partial charge in [-0.05, 0) is 6.07 Å². The van der Waals surface area contributed by atoms with Gasteiger partial charge in [-0.25, -0.2) is 0 Å². The number of aliphatic carboxylic acids is 1. The molecule has 0 heterocycles. The molecule has 0 saturated heterocycles. The van der Waals surface area contributed by atoms with Crippen LogP contribution in [-0.4, -0.2) is 16.2 Å². The van der Waals surface area contributed by atoms with Crippen LogP contribution in [0.15, 0.2) is 12.1 Å². The van der Waals surface area contributed by atoms with Crippen LogP contribution in [0.2, 0.25) is 5.02 Å². The fourth-order valence-corrected chi connectivity index (χ4v) is 1.46. The van der Waals surface area contributed by atoms with Crippen molar-refractivity contribution < 1.29 is 28.2 Å². The van der Waals surface area contributed by atoms with Gasteiger partial charge in [0.05, 0.1) is 10.6 Å². The van der Waals surface area contributed by atoms with Gasteiger partial charge in [-0.1, -0.05) is 17.7 Å². The number of nitrogens with two attached hydrogens (primary N) is 1. The molecular formula is C9H7ClF3NO3. The Bertz CT molecular complexity index is 462. The predicted octanol–water partition coefficient (Wildman–Crippen LogP) is 2.15. The zero-order valence-corrected chi connectivity index (χ0v) is 8.88. The van der Waals surface area contributed by atoms with Crippen molar-refractivity contribution in [3.05, 3.63) is 28.3 Å². The molecular weight excluding hydrogens is 263 g/mol. The molecule has 0 unspecified atom stereocenters. The summed E-state index contributed by atoms with van der Waals surface area (Å²) in [6.45, 7) is 0. The summed E-state index contributed by atoms with van der Waals surface area (Å²) >= 11 is 5.31. The van der Waals surface area contributed by atoms with Crippen LogP contribution in [0.4, 0.5) is 13.2 Å². The van der Waals surface area contributed by atoms with Gasteiger partial charge < -0.3 is 15.9 Å². The van der Waals surface area contributed by atoms with Gasteiger partial charge in [-0.3, -0.25) is 4.79 Å². The number of aromatic hydroxyl groups is 1. The number of carboxylic acid groups (broad SMARTS) is 1. The van der Waals surface area contributed by atoms with Gasteiger partial charge in [0.15, 0.2) is 0 Å². The van der Waals surface area contributed by atoms with Crippen molar-refractivity contribution in [1.82, 2.24) is 0 Å². The standard InChI is InChI=1S/C9H7ClF3NO3/c10-5-4(9(11,12)13)2-1-3(7(5)15)6(14)8(16)17/h1-2,6,15H,14H2,(H,16,17)/t6-/m0/s1. The Hall–Kier alpha value is -1.47. The molecule has 17 heavy (non-hydrogen) atoms. The third-order valence-electron chi connectivity index (χ3n) is 2.05. The van der Waals surface area contributed by atoms with Crippen LogP contribution < -0.4 is 5.73 Å². The summed E-state index contributed by atoms with van der Waals surface area (Å²) < 4.78 is 37.1. The molecule has 1 rings (SSSR count). The van der Waals surface area contributed by atoms with E-state index in [-0.39, 0.29) is 5.56 Å². The molecule has 0 aliphatic carbocycles. The third kappa shape index (κ3) is 2.62. The van der Waals surface area contributed by atoms with Crippen LogP contribution in [-0.2, 0) is 11.0 Å². The zero-order chi connectivity index (χ0) is 13.4. The maximum Gasteiger partial charge on any atom is 0.417 e. The van der Waals surface area contributed by atoms with Crippen LogP contribution in [0.1, 0.15) is 17.2 Å². The molecule has 0 saturated carbocycles. The maximum absolute atomic E-state index is 12.4. The van der Waals surface area contributed by atoms with Gasteiger partial charge in [0.1, 0.15) is 11.8 Å². The fraction of sp³-hybridized carbons (Fsp3) is 0.222. The minimum atomic E-state index is -4.74. The zero-order valence-electron chi connectivity index (χ0n) is 8.12. The van der Waals surface area contributed by atoms with E-state index in [4.69, 9.17) is 22.4 Å². The molecule has 0 aromatic heterocycles. The topological polar surface area (TPSA) is 83.6 Å². The Morgan fingerprint density at radius 2 is 1.94 bits per heavy atom. The van der Waals surface area contributed by atoms with Crippen LogP contribution in [0, 0.1) is 0 Å². The molecule has 4 nitrogen and oxygen atoms in total. The van der Waals surface area contributed by atoms with Gasteiger partial charge in [0.25, 0.3) is 0 Å². The first-order valence-corrected chi connectivity index (χ1v) is 4.61. The number of hydrogen-bond acceptors (Lipinski definition) is 3. The minimum Gasteiger partial charge on any atom is -0.506 e. The Kier molecular flexibility index (Phi) is 3.53. The monoisotopic (exact) mass is 269 g/mol. The van der Waals surface area contributed by atoms with Crippen molar-refractivity contribution in [2.75, 3.05) is 0 Å². The van der Waals surface area contributed by atoms with Crippen molar-refractivity contribution >= 4 is 17.6 Å². The van der Waals surface area contributed by atoms with Crippen molar-refractivity contribution in [2.45, 2.75) is 12.2 Å². The van der Waals surface area contributed by atoms with Gasteiger partial charge in [0, 0.05) is 5.56 Å². The SMILES string of the molecule is N[C@H](C(=O)O)c1ccc(C(F)(F)F)c(Cl)c1O. The quantitative estimate of drug-likeness (QED) is 0.768. The van der Waals surface area contributed by atoms with E-state index in [2.05, 4.69) is 0 Å². The summed E-state index contributed by atoms with van der Waals surface area (Å²) in [6.07, 6.45) is -4.74. The van der Waals surface area contributed by atoms with E-state index >= 15 is 0 Å². The summed E-state index contributed by atoms with van der Waals surface area (Å²) in [6, 6.07) is -0.294. The lowest BCUT2D eigenvalue weighted by molar-refractivity contribution is -0.138. The number of carboxylic acids is 1. The van der Waals surface area contributed by atoms with E-state index in [1.54, 1.807) is 0 Å². The number of phenols is 1. The molecule has 0 spiro atoms. The number of phenolic OH excluding ortho intramolecular Hbond substituents is 1. The predicted molar refractivity (Wildman–Crippen MR) is 52.7 cm³/mol. The summed E-state index contributed by atoms with van der Waals surface area (Å²) in [5, 5.41) is 17.0. The van der Waals surface area contributed by atoms with E-state index in [0.29, 0.717) is 6.07 Å². The van der Waals surface area contributed by atoms with Gasteiger partial charge in [-0.15, -0.1) is 0 Å². The number of rotatable bonds is 2. The Morgan fingerprint density at radius 1 is 1.41 bits per heavy atom. The van der Waals surface area contributed by atoms with Gasteiger partial charge in [-0.2, -0.15) is 13.2 Å². The third-order valence-corrected chi connectivity index (χ3v) is 2.44. The fourth-order valence-electron chi connectivity index (χ4n) is 1.18. The lowest BCUT2D eigenvalue weighted by Crippen LogP contribution is -2.21. The molecule has 0 aliphatic rings. The molecule has 4 N–H and O–H groups in total. The normalized spacial score (nSPS) is 13.5. The number of alkyl halides is 3. The average Bonchev–Trinajstić information content (AvgIpc) is 2.19. The second-order valence-corrected chi connectivity index (χ2v) is 3.56. The maximum atomic E-state index is 12.4. The first kappa shape index (κ1) is 13.6. The molecule has 94 valence electrons. The lowest BCUT2D eigenvalue weighted by atomic mass is 10.0. The summed E-state index contributed by atoms with van der Waals surface area (Å²) in [4.78, 5) is 10.5. The Balaban J connectivity index is 3.34. The Labute approximate surface area is 98.4 Å². The number of benzene rings is 1. The van der Waals surface area contributed by atoms with Crippen molar-refractivity contribution in [2.24, 2.45) is 5.73 Å². The highest BCUT2D eigenvalue weighted by Gasteiger charge is 2.35. The molecule has 0 fully saturated rings. The minimum absolute atomic E-state index is 0.379. The second kappa shape index (κ2) is 4.42. The largest absolute Gasteiger partial charge is 0.506 e. The molecule has 8 heteroatoms. The highest BCUT2D eigenvalue weighted by atomic mass is 35.5. The van der Waals surface area contributed by atoms with Crippen molar-refractivity contribution in [3.63, 3.8) is 0 Å². The molecule has 1 atom stereocenters. The van der Waals surface area contributed by atoms with Crippen LogP contribution in [0.5, 0.6) is 5.75 Å². The highest BCUT2D eigenvalue weighted by molar-refractivity contribution is 6.33. The average molecular weight is 270 g/mol. The van der Waals surface area contributed by atoms with E-state index in [9.17, 15) is 23.1 Å². The number of carbonyl (C=O) groups is 1.